The zero-order chi connectivity index (χ0) is 14.4. The van der Waals surface area contributed by atoms with Gasteiger partial charge in [-0.05, 0) is 29.1 Å². The number of benzene rings is 1. The Morgan fingerprint density at radius 1 is 1.15 bits per heavy atom. The molecule has 0 unspecified atom stereocenters. The van der Waals surface area contributed by atoms with Crippen molar-refractivity contribution in [3.05, 3.63) is 52.2 Å². The topological polar surface area (TPSA) is 58.2 Å². The number of rotatable bonds is 5. The van der Waals surface area contributed by atoms with E-state index in [1.807, 2.05) is 29.6 Å². The van der Waals surface area contributed by atoms with Crippen molar-refractivity contribution in [1.29, 1.82) is 0 Å². The molecule has 20 heavy (non-hydrogen) atoms. The molecule has 2 amide bonds. The highest BCUT2D eigenvalue weighted by atomic mass is 32.1. The van der Waals surface area contributed by atoms with Crippen molar-refractivity contribution in [2.45, 2.75) is 19.9 Å². The molecule has 1 aromatic heterocycles. The van der Waals surface area contributed by atoms with Gasteiger partial charge in [-0.1, -0.05) is 18.2 Å². The van der Waals surface area contributed by atoms with E-state index in [4.69, 9.17) is 0 Å². The van der Waals surface area contributed by atoms with E-state index in [1.54, 1.807) is 23.5 Å². The summed E-state index contributed by atoms with van der Waals surface area (Å²) in [5.41, 5.74) is 1.66. The lowest BCUT2D eigenvalue weighted by molar-refractivity contribution is -0.120. The van der Waals surface area contributed by atoms with Gasteiger partial charge >= 0.3 is 0 Å². The van der Waals surface area contributed by atoms with Gasteiger partial charge in [0.05, 0.1) is 13.0 Å². The summed E-state index contributed by atoms with van der Waals surface area (Å²) < 4.78 is 0. The predicted octanol–water partition coefficient (Wildman–Crippen LogP) is 2.57. The van der Waals surface area contributed by atoms with Crippen molar-refractivity contribution in [2.24, 2.45) is 0 Å². The summed E-state index contributed by atoms with van der Waals surface area (Å²) in [6, 6.07) is 11.2. The first-order valence-corrected chi connectivity index (χ1v) is 7.17. The number of amides is 2. The summed E-state index contributed by atoms with van der Waals surface area (Å²) in [6.45, 7) is 2.03. The molecular formula is C15H16N2O2S. The Morgan fingerprint density at radius 2 is 1.90 bits per heavy atom. The van der Waals surface area contributed by atoms with Crippen LogP contribution in [-0.4, -0.2) is 11.8 Å². The molecule has 0 atom stereocenters. The van der Waals surface area contributed by atoms with E-state index >= 15 is 0 Å². The molecule has 5 heteroatoms. The summed E-state index contributed by atoms with van der Waals surface area (Å²) in [6.07, 6.45) is 0.339. The van der Waals surface area contributed by atoms with Crippen LogP contribution in [0.5, 0.6) is 0 Å². The molecule has 1 heterocycles. The van der Waals surface area contributed by atoms with Gasteiger partial charge in [0.2, 0.25) is 11.8 Å². The number of carbonyl (C=O) groups excluding carboxylic acids is 2. The smallest absolute Gasteiger partial charge is 0.224 e. The monoisotopic (exact) mass is 288 g/mol. The van der Waals surface area contributed by atoms with Crippen LogP contribution in [0.4, 0.5) is 5.69 Å². The maximum absolute atomic E-state index is 11.8. The van der Waals surface area contributed by atoms with Crippen LogP contribution >= 0.6 is 11.3 Å². The first-order chi connectivity index (χ1) is 9.63. The van der Waals surface area contributed by atoms with Crippen molar-refractivity contribution in [2.75, 3.05) is 5.32 Å². The Morgan fingerprint density at radius 3 is 2.50 bits per heavy atom. The van der Waals surface area contributed by atoms with Crippen molar-refractivity contribution >= 4 is 28.8 Å². The first kappa shape index (κ1) is 14.3. The molecule has 0 aliphatic heterocycles. The van der Waals surface area contributed by atoms with Gasteiger partial charge in [0.15, 0.2) is 0 Å². The molecule has 2 rings (SSSR count). The van der Waals surface area contributed by atoms with Crippen LogP contribution in [0.3, 0.4) is 0 Å². The first-order valence-electron chi connectivity index (χ1n) is 6.29. The lowest BCUT2D eigenvalue weighted by Crippen LogP contribution is -2.24. The van der Waals surface area contributed by atoms with Crippen LogP contribution in [0.2, 0.25) is 0 Å². The summed E-state index contributed by atoms with van der Waals surface area (Å²) >= 11 is 1.62. The number of anilines is 1. The number of thiophene rings is 1. The molecule has 0 aliphatic rings. The summed E-state index contributed by atoms with van der Waals surface area (Å²) in [5, 5.41) is 7.56. The highest BCUT2D eigenvalue weighted by molar-refractivity contribution is 7.09. The third-order valence-corrected chi connectivity index (χ3v) is 3.56. The van der Waals surface area contributed by atoms with Gasteiger partial charge in [-0.15, -0.1) is 11.3 Å². The van der Waals surface area contributed by atoms with Gasteiger partial charge in [0, 0.05) is 17.5 Å². The highest BCUT2D eigenvalue weighted by Gasteiger charge is 2.04. The second-order valence-electron chi connectivity index (χ2n) is 4.41. The molecule has 0 spiro atoms. The third kappa shape index (κ3) is 4.51. The summed E-state index contributed by atoms with van der Waals surface area (Å²) in [5.74, 6) is -0.114. The highest BCUT2D eigenvalue weighted by Crippen LogP contribution is 2.11. The molecule has 0 saturated heterocycles. The molecule has 0 radical (unpaired) electrons. The van der Waals surface area contributed by atoms with Gasteiger partial charge in [0.25, 0.3) is 0 Å². The van der Waals surface area contributed by atoms with E-state index < -0.39 is 0 Å². The second kappa shape index (κ2) is 6.86. The molecule has 1 aromatic carbocycles. The normalized spacial score (nSPS) is 10.1. The van der Waals surface area contributed by atoms with Crippen LogP contribution in [-0.2, 0) is 22.6 Å². The molecule has 104 valence electrons. The number of hydrogen-bond donors (Lipinski definition) is 2. The predicted molar refractivity (Wildman–Crippen MR) is 80.6 cm³/mol. The maximum Gasteiger partial charge on any atom is 0.224 e. The third-order valence-electron chi connectivity index (χ3n) is 2.68. The molecule has 2 N–H and O–H groups in total. The molecule has 0 aliphatic carbocycles. The van der Waals surface area contributed by atoms with Gasteiger partial charge in [-0.3, -0.25) is 9.59 Å². The van der Waals surface area contributed by atoms with Crippen LogP contribution in [0.15, 0.2) is 41.8 Å². The van der Waals surface area contributed by atoms with Crippen LogP contribution in [0, 0.1) is 0 Å². The zero-order valence-corrected chi connectivity index (χ0v) is 12.0. The van der Waals surface area contributed by atoms with E-state index in [-0.39, 0.29) is 11.8 Å². The summed E-state index contributed by atoms with van der Waals surface area (Å²) in [4.78, 5) is 23.8. The molecule has 0 bridgehead atoms. The van der Waals surface area contributed by atoms with E-state index in [0.29, 0.717) is 13.0 Å². The van der Waals surface area contributed by atoms with Crippen LogP contribution in [0.25, 0.3) is 0 Å². The molecular weight excluding hydrogens is 272 g/mol. The molecule has 0 fully saturated rings. The fraction of sp³-hybridized carbons (Fsp3) is 0.200. The Hall–Kier alpha value is -2.14. The lowest BCUT2D eigenvalue weighted by atomic mass is 10.1. The van der Waals surface area contributed by atoms with Crippen molar-refractivity contribution in [3.8, 4) is 0 Å². The van der Waals surface area contributed by atoms with E-state index in [9.17, 15) is 9.59 Å². The van der Waals surface area contributed by atoms with Gasteiger partial charge in [0.1, 0.15) is 0 Å². The average molecular weight is 288 g/mol. The number of carbonyl (C=O) groups is 2. The lowest BCUT2D eigenvalue weighted by Gasteiger charge is -2.06. The maximum atomic E-state index is 11.8. The SMILES string of the molecule is CC(=O)Nc1ccc(CC(=O)NCc2cccs2)cc1. The summed E-state index contributed by atoms with van der Waals surface area (Å²) in [7, 11) is 0. The van der Waals surface area contributed by atoms with Gasteiger partial charge in [-0.25, -0.2) is 0 Å². The van der Waals surface area contributed by atoms with Crippen LogP contribution in [0.1, 0.15) is 17.4 Å². The van der Waals surface area contributed by atoms with Crippen molar-refractivity contribution in [1.82, 2.24) is 5.32 Å². The Balaban J connectivity index is 1.83. The standard InChI is InChI=1S/C15H16N2O2S/c1-11(18)17-13-6-4-12(5-7-13)9-15(19)16-10-14-3-2-8-20-14/h2-8H,9-10H2,1H3,(H,16,19)(H,17,18). The fourth-order valence-electron chi connectivity index (χ4n) is 1.76. The minimum atomic E-state index is -0.105. The molecule has 0 saturated carbocycles. The van der Waals surface area contributed by atoms with E-state index in [0.717, 1.165) is 16.1 Å². The number of hydrogen-bond acceptors (Lipinski definition) is 3. The van der Waals surface area contributed by atoms with Crippen molar-refractivity contribution < 1.29 is 9.59 Å². The van der Waals surface area contributed by atoms with Gasteiger partial charge < -0.3 is 10.6 Å². The Bertz CT molecular complexity index is 576. The second-order valence-corrected chi connectivity index (χ2v) is 5.44. The zero-order valence-electron chi connectivity index (χ0n) is 11.2. The minimum absolute atomic E-state index is 0.00863. The van der Waals surface area contributed by atoms with E-state index in [2.05, 4.69) is 10.6 Å². The molecule has 2 aromatic rings. The van der Waals surface area contributed by atoms with E-state index in [1.165, 1.54) is 6.92 Å². The average Bonchev–Trinajstić information content (AvgIpc) is 2.91. The Kier molecular flexibility index (Phi) is 4.90. The Labute approximate surface area is 121 Å². The van der Waals surface area contributed by atoms with Gasteiger partial charge in [-0.2, -0.15) is 0 Å². The largest absolute Gasteiger partial charge is 0.351 e. The van der Waals surface area contributed by atoms with Crippen molar-refractivity contribution in [3.63, 3.8) is 0 Å². The van der Waals surface area contributed by atoms with Crippen LogP contribution < -0.4 is 10.6 Å². The fourth-order valence-corrected chi connectivity index (χ4v) is 2.40. The molecule has 4 nitrogen and oxygen atoms in total. The minimum Gasteiger partial charge on any atom is -0.351 e. The number of nitrogens with one attached hydrogen (secondary N) is 2. The quantitative estimate of drug-likeness (QED) is 0.888.